The lowest BCUT2D eigenvalue weighted by Crippen LogP contribution is -2.48. The van der Waals surface area contributed by atoms with Gasteiger partial charge in [0, 0.05) is 26.2 Å². The molecule has 1 fully saturated rings. The molecule has 1 aliphatic rings. The van der Waals surface area contributed by atoms with Crippen molar-refractivity contribution < 1.29 is 9.53 Å². The second kappa shape index (κ2) is 6.04. The molecule has 1 aliphatic heterocycles. The molecule has 4 heteroatoms. The van der Waals surface area contributed by atoms with Crippen molar-refractivity contribution in [2.75, 3.05) is 39.3 Å². The van der Waals surface area contributed by atoms with E-state index >= 15 is 0 Å². The summed E-state index contributed by atoms with van der Waals surface area (Å²) in [5.74, 6) is 2.49. The first-order valence-electron chi connectivity index (χ1n) is 6.01. The van der Waals surface area contributed by atoms with Gasteiger partial charge in [-0.3, -0.25) is 14.6 Å². The molecule has 96 valence electrons. The van der Waals surface area contributed by atoms with Crippen LogP contribution in [0.25, 0.3) is 0 Å². The molecule has 0 aromatic heterocycles. The van der Waals surface area contributed by atoms with Crippen LogP contribution in [-0.4, -0.2) is 60.6 Å². The van der Waals surface area contributed by atoms with Gasteiger partial charge in [-0.1, -0.05) is 5.92 Å². The van der Waals surface area contributed by atoms with Crippen LogP contribution >= 0.6 is 0 Å². The zero-order valence-electron chi connectivity index (χ0n) is 11.0. The van der Waals surface area contributed by atoms with E-state index in [2.05, 4.69) is 15.7 Å². The Labute approximate surface area is 104 Å². The highest BCUT2D eigenvalue weighted by Gasteiger charge is 2.21. The minimum absolute atomic E-state index is 0.150. The van der Waals surface area contributed by atoms with Crippen molar-refractivity contribution in [3.8, 4) is 12.3 Å². The molecule has 1 rings (SSSR count). The van der Waals surface area contributed by atoms with Gasteiger partial charge >= 0.3 is 5.97 Å². The van der Waals surface area contributed by atoms with E-state index in [1.807, 2.05) is 20.8 Å². The molecule has 0 bridgehead atoms. The molecule has 1 saturated heterocycles. The van der Waals surface area contributed by atoms with Crippen molar-refractivity contribution >= 4 is 5.97 Å². The molecule has 0 aliphatic carbocycles. The molecule has 0 unspecified atom stereocenters. The largest absolute Gasteiger partial charge is 0.459 e. The third-order valence-corrected chi connectivity index (χ3v) is 2.55. The second-order valence-electron chi connectivity index (χ2n) is 5.34. The molecule has 0 aromatic carbocycles. The smallest absolute Gasteiger partial charge is 0.320 e. The van der Waals surface area contributed by atoms with Gasteiger partial charge in [0.25, 0.3) is 0 Å². The molecule has 17 heavy (non-hydrogen) atoms. The molecule has 0 aromatic rings. The molecule has 4 nitrogen and oxygen atoms in total. The maximum Gasteiger partial charge on any atom is 0.320 e. The van der Waals surface area contributed by atoms with Crippen LogP contribution in [0.4, 0.5) is 0 Å². The first kappa shape index (κ1) is 14.0. The molecule has 0 amide bonds. The Morgan fingerprint density at radius 3 is 2.24 bits per heavy atom. The molecule has 1 heterocycles. The average molecular weight is 238 g/mol. The van der Waals surface area contributed by atoms with E-state index in [0.717, 1.165) is 26.2 Å². The van der Waals surface area contributed by atoms with Crippen molar-refractivity contribution in [1.82, 2.24) is 9.80 Å². The highest BCUT2D eigenvalue weighted by atomic mass is 16.6. The van der Waals surface area contributed by atoms with Crippen molar-refractivity contribution in [3.63, 3.8) is 0 Å². The lowest BCUT2D eigenvalue weighted by molar-refractivity contribution is -0.156. The topological polar surface area (TPSA) is 32.8 Å². The summed E-state index contributed by atoms with van der Waals surface area (Å²) >= 11 is 0. The third-order valence-electron chi connectivity index (χ3n) is 2.55. The molecular weight excluding hydrogens is 216 g/mol. The van der Waals surface area contributed by atoms with Gasteiger partial charge in [0.05, 0.1) is 13.1 Å². The van der Waals surface area contributed by atoms with Crippen molar-refractivity contribution in [3.05, 3.63) is 0 Å². The summed E-state index contributed by atoms with van der Waals surface area (Å²) in [5, 5.41) is 0. The zero-order chi connectivity index (χ0) is 12.9. The van der Waals surface area contributed by atoms with Gasteiger partial charge in [-0.15, -0.1) is 6.42 Å². The number of esters is 1. The predicted molar refractivity (Wildman–Crippen MR) is 67.6 cm³/mol. The van der Waals surface area contributed by atoms with Gasteiger partial charge in [-0.25, -0.2) is 0 Å². The van der Waals surface area contributed by atoms with E-state index in [4.69, 9.17) is 11.2 Å². The van der Waals surface area contributed by atoms with Crippen molar-refractivity contribution in [2.45, 2.75) is 26.4 Å². The molecule has 0 atom stereocenters. The Hall–Kier alpha value is -1.05. The Morgan fingerprint density at radius 1 is 1.24 bits per heavy atom. The van der Waals surface area contributed by atoms with Gasteiger partial charge in [-0.2, -0.15) is 0 Å². The van der Waals surface area contributed by atoms with E-state index in [0.29, 0.717) is 13.1 Å². The monoisotopic (exact) mass is 238 g/mol. The third kappa shape index (κ3) is 5.71. The average Bonchev–Trinajstić information content (AvgIpc) is 2.18. The first-order valence-corrected chi connectivity index (χ1v) is 6.01. The van der Waals surface area contributed by atoms with Crippen LogP contribution in [0.5, 0.6) is 0 Å². The van der Waals surface area contributed by atoms with Gasteiger partial charge in [0.2, 0.25) is 0 Å². The van der Waals surface area contributed by atoms with E-state index in [1.54, 1.807) is 0 Å². The SMILES string of the molecule is C#CCN1CCN(CC(=O)OC(C)(C)C)CC1. The van der Waals surface area contributed by atoms with E-state index < -0.39 is 5.60 Å². The Morgan fingerprint density at radius 2 is 1.76 bits per heavy atom. The zero-order valence-corrected chi connectivity index (χ0v) is 11.0. The molecular formula is C13H22N2O2. The normalized spacial score (nSPS) is 18.7. The number of rotatable bonds is 3. The Balaban J connectivity index is 2.27. The summed E-state index contributed by atoms with van der Waals surface area (Å²) in [4.78, 5) is 16.0. The van der Waals surface area contributed by atoms with E-state index in [1.165, 1.54) is 0 Å². The summed E-state index contributed by atoms with van der Waals surface area (Å²) in [7, 11) is 0. The number of ether oxygens (including phenoxy) is 1. The van der Waals surface area contributed by atoms with Gasteiger partial charge in [0.1, 0.15) is 5.60 Å². The van der Waals surface area contributed by atoms with Gasteiger partial charge < -0.3 is 4.74 Å². The lowest BCUT2D eigenvalue weighted by Gasteiger charge is -2.33. The molecule has 0 N–H and O–H groups in total. The minimum atomic E-state index is -0.400. The second-order valence-corrected chi connectivity index (χ2v) is 5.34. The van der Waals surface area contributed by atoms with Crippen LogP contribution in [-0.2, 0) is 9.53 Å². The van der Waals surface area contributed by atoms with Crippen LogP contribution in [0, 0.1) is 12.3 Å². The maximum atomic E-state index is 11.6. The quantitative estimate of drug-likeness (QED) is 0.532. The van der Waals surface area contributed by atoms with Crippen LogP contribution in [0.1, 0.15) is 20.8 Å². The fourth-order valence-electron chi connectivity index (χ4n) is 1.79. The van der Waals surface area contributed by atoms with Crippen molar-refractivity contribution in [1.29, 1.82) is 0 Å². The Kier molecular flexibility index (Phi) is 4.98. The Bertz CT molecular complexity index is 294. The predicted octanol–water partition coefficient (Wildman–Crippen LogP) is 0.579. The summed E-state index contributed by atoms with van der Waals surface area (Å²) < 4.78 is 5.29. The van der Waals surface area contributed by atoms with Crippen LogP contribution < -0.4 is 0 Å². The first-order chi connectivity index (χ1) is 7.90. The number of carbonyl (C=O) groups is 1. The number of hydrogen-bond donors (Lipinski definition) is 0. The van der Waals surface area contributed by atoms with E-state index in [-0.39, 0.29) is 5.97 Å². The summed E-state index contributed by atoms with van der Waals surface area (Å²) in [6.07, 6.45) is 5.26. The number of piperazine rings is 1. The molecule has 0 saturated carbocycles. The number of nitrogens with zero attached hydrogens (tertiary/aromatic N) is 2. The molecule has 0 spiro atoms. The standard InChI is InChI=1S/C13H22N2O2/c1-5-6-14-7-9-15(10-8-14)11-12(16)17-13(2,3)4/h1H,6-11H2,2-4H3. The molecule has 0 radical (unpaired) electrons. The number of carbonyl (C=O) groups excluding carboxylic acids is 1. The minimum Gasteiger partial charge on any atom is -0.459 e. The van der Waals surface area contributed by atoms with Crippen molar-refractivity contribution in [2.24, 2.45) is 0 Å². The highest BCUT2D eigenvalue weighted by Crippen LogP contribution is 2.08. The fourth-order valence-corrected chi connectivity index (χ4v) is 1.79. The lowest BCUT2D eigenvalue weighted by atomic mass is 10.2. The summed E-state index contributed by atoms with van der Waals surface area (Å²) in [5.41, 5.74) is -0.400. The van der Waals surface area contributed by atoms with Crippen LogP contribution in [0.2, 0.25) is 0 Å². The van der Waals surface area contributed by atoms with Gasteiger partial charge in [-0.05, 0) is 20.8 Å². The number of terminal acetylenes is 1. The van der Waals surface area contributed by atoms with Crippen LogP contribution in [0.3, 0.4) is 0 Å². The van der Waals surface area contributed by atoms with Gasteiger partial charge in [0.15, 0.2) is 0 Å². The summed E-state index contributed by atoms with van der Waals surface area (Å²) in [6, 6.07) is 0. The maximum absolute atomic E-state index is 11.6. The fraction of sp³-hybridized carbons (Fsp3) is 0.769. The summed E-state index contributed by atoms with van der Waals surface area (Å²) in [6.45, 7) is 10.3. The van der Waals surface area contributed by atoms with E-state index in [9.17, 15) is 4.79 Å². The number of hydrogen-bond acceptors (Lipinski definition) is 4. The highest BCUT2D eigenvalue weighted by molar-refractivity contribution is 5.72. The van der Waals surface area contributed by atoms with Crippen LogP contribution in [0.15, 0.2) is 0 Å².